The Labute approximate surface area is 121 Å². The van der Waals surface area contributed by atoms with Crippen LogP contribution in [0.4, 0.5) is 0 Å². The molecule has 0 radical (unpaired) electrons. The van der Waals surface area contributed by atoms with Gasteiger partial charge in [0.1, 0.15) is 5.75 Å². The van der Waals surface area contributed by atoms with E-state index < -0.39 is 17.8 Å². The van der Waals surface area contributed by atoms with Crippen LogP contribution in [0.25, 0.3) is 0 Å². The molecule has 0 bridgehead atoms. The molecular weight excluding hydrogens is 270 g/mol. The van der Waals surface area contributed by atoms with E-state index in [1.807, 2.05) is 0 Å². The number of phenols is 1. The van der Waals surface area contributed by atoms with E-state index in [0.717, 1.165) is 5.56 Å². The lowest BCUT2D eigenvalue weighted by atomic mass is 9.91. The zero-order valence-corrected chi connectivity index (χ0v) is 11.2. The highest BCUT2D eigenvalue weighted by atomic mass is 16.4. The fourth-order valence-electron chi connectivity index (χ4n) is 2.10. The number of carbonyl (C=O) groups excluding carboxylic acids is 1. The molecule has 0 aromatic heterocycles. The first-order valence-electron chi connectivity index (χ1n) is 6.38. The number of carboxylic acid groups (broad SMARTS) is 1. The number of hydrogen-bond donors (Lipinski definition) is 3. The van der Waals surface area contributed by atoms with Crippen LogP contribution >= 0.6 is 0 Å². The zero-order chi connectivity index (χ0) is 15.4. The summed E-state index contributed by atoms with van der Waals surface area (Å²) in [7, 11) is 0. The number of rotatable bonds is 5. The summed E-state index contributed by atoms with van der Waals surface area (Å²) in [5.41, 5.74) is 6.90. The molecule has 0 spiro atoms. The highest BCUT2D eigenvalue weighted by Gasteiger charge is 2.20. The van der Waals surface area contributed by atoms with Gasteiger partial charge in [0.15, 0.2) is 0 Å². The Morgan fingerprint density at radius 2 is 1.57 bits per heavy atom. The summed E-state index contributed by atoms with van der Waals surface area (Å²) in [6.07, 6.45) is 0.297. The van der Waals surface area contributed by atoms with E-state index in [9.17, 15) is 19.8 Å². The van der Waals surface area contributed by atoms with E-state index in [1.165, 1.54) is 24.3 Å². The lowest BCUT2D eigenvalue weighted by Gasteiger charge is -2.13. The number of aromatic hydroxyl groups is 1. The molecule has 0 saturated carbocycles. The maximum absolute atomic E-state index is 11.4. The van der Waals surface area contributed by atoms with Crippen LogP contribution < -0.4 is 5.73 Å². The van der Waals surface area contributed by atoms with Crippen LogP contribution in [0, 0.1) is 0 Å². The third-order valence-electron chi connectivity index (χ3n) is 3.27. The molecule has 0 aliphatic carbocycles. The van der Waals surface area contributed by atoms with Gasteiger partial charge in [0, 0.05) is 5.56 Å². The molecule has 5 heteroatoms. The molecule has 1 amide bonds. The Morgan fingerprint density at radius 1 is 1.00 bits per heavy atom. The Balaban J connectivity index is 2.24. The molecule has 2 aromatic rings. The van der Waals surface area contributed by atoms with Crippen molar-refractivity contribution >= 4 is 11.9 Å². The Bertz CT molecular complexity index is 647. The number of amides is 1. The Morgan fingerprint density at radius 3 is 2.05 bits per heavy atom. The van der Waals surface area contributed by atoms with Crippen LogP contribution in [0.2, 0.25) is 0 Å². The minimum absolute atomic E-state index is 0.136. The molecule has 21 heavy (non-hydrogen) atoms. The first-order valence-corrected chi connectivity index (χ1v) is 6.38. The maximum atomic E-state index is 11.4. The summed E-state index contributed by atoms with van der Waals surface area (Å²) in [5, 5.41) is 18.6. The largest absolute Gasteiger partial charge is 0.508 e. The lowest BCUT2D eigenvalue weighted by Crippen LogP contribution is -2.15. The number of carbonyl (C=O) groups is 2. The van der Waals surface area contributed by atoms with E-state index in [2.05, 4.69) is 0 Å². The summed E-state index contributed by atoms with van der Waals surface area (Å²) < 4.78 is 0. The van der Waals surface area contributed by atoms with Crippen molar-refractivity contribution < 1.29 is 19.8 Å². The van der Waals surface area contributed by atoms with Gasteiger partial charge in [-0.15, -0.1) is 0 Å². The van der Waals surface area contributed by atoms with E-state index in [0.29, 0.717) is 17.5 Å². The van der Waals surface area contributed by atoms with Gasteiger partial charge < -0.3 is 15.9 Å². The monoisotopic (exact) mass is 285 g/mol. The summed E-state index contributed by atoms with van der Waals surface area (Å²) in [4.78, 5) is 22.5. The predicted octanol–water partition coefficient (Wildman–Crippen LogP) is 1.90. The van der Waals surface area contributed by atoms with Crippen molar-refractivity contribution in [2.75, 3.05) is 0 Å². The van der Waals surface area contributed by atoms with Crippen molar-refractivity contribution in [1.82, 2.24) is 0 Å². The smallest absolute Gasteiger partial charge is 0.311 e. The molecule has 108 valence electrons. The van der Waals surface area contributed by atoms with Crippen LogP contribution in [-0.4, -0.2) is 22.1 Å². The molecule has 2 rings (SSSR count). The van der Waals surface area contributed by atoms with Crippen molar-refractivity contribution in [2.24, 2.45) is 5.73 Å². The number of hydrogen-bond acceptors (Lipinski definition) is 3. The van der Waals surface area contributed by atoms with Crippen molar-refractivity contribution in [3.05, 3.63) is 65.2 Å². The number of aliphatic carboxylic acids is 1. The van der Waals surface area contributed by atoms with E-state index in [1.54, 1.807) is 24.3 Å². The predicted molar refractivity (Wildman–Crippen MR) is 77.1 cm³/mol. The van der Waals surface area contributed by atoms with Gasteiger partial charge in [0.25, 0.3) is 0 Å². The topological polar surface area (TPSA) is 101 Å². The summed E-state index contributed by atoms with van der Waals surface area (Å²) in [6.45, 7) is 0. The summed E-state index contributed by atoms with van der Waals surface area (Å²) in [6, 6.07) is 12.6. The Hall–Kier alpha value is -2.82. The minimum atomic E-state index is -0.949. The fraction of sp³-hybridized carbons (Fsp3) is 0.125. The molecule has 0 heterocycles. The van der Waals surface area contributed by atoms with Gasteiger partial charge in [-0.1, -0.05) is 24.3 Å². The van der Waals surface area contributed by atoms with Gasteiger partial charge in [-0.05, 0) is 41.8 Å². The molecule has 5 nitrogen and oxygen atoms in total. The lowest BCUT2D eigenvalue weighted by molar-refractivity contribution is -0.138. The van der Waals surface area contributed by atoms with Gasteiger partial charge >= 0.3 is 5.97 Å². The second-order valence-electron chi connectivity index (χ2n) is 4.75. The van der Waals surface area contributed by atoms with Crippen molar-refractivity contribution in [1.29, 1.82) is 0 Å². The summed E-state index contributed by atoms with van der Waals surface area (Å²) >= 11 is 0. The fourth-order valence-corrected chi connectivity index (χ4v) is 2.10. The average Bonchev–Trinajstić information content (AvgIpc) is 2.46. The molecule has 1 unspecified atom stereocenters. The van der Waals surface area contributed by atoms with Gasteiger partial charge in [0.2, 0.25) is 5.91 Å². The molecule has 0 saturated heterocycles. The van der Waals surface area contributed by atoms with Crippen molar-refractivity contribution in [3.63, 3.8) is 0 Å². The minimum Gasteiger partial charge on any atom is -0.508 e. The Kier molecular flexibility index (Phi) is 4.23. The molecule has 0 aliphatic rings. The number of carboxylic acids is 1. The number of nitrogens with two attached hydrogens (primary N) is 1. The highest BCUT2D eigenvalue weighted by molar-refractivity contribution is 5.92. The highest BCUT2D eigenvalue weighted by Crippen LogP contribution is 2.23. The molecular formula is C16H15NO4. The average molecular weight is 285 g/mol. The molecule has 1 atom stereocenters. The quantitative estimate of drug-likeness (QED) is 0.781. The van der Waals surface area contributed by atoms with Gasteiger partial charge in [-0.25, -0.2) is 0 Å². The third-order valence-corrected chi connectivity index (χ3v) is 3.27. The van der Waals surface area contributed by atoms with Crippen molar-refractivity contribution in [3.8, 4) is 5.75 Å². The number of benzene rings is 2. The number of primary amides is 1. The van der Waals surface area contributed by atoms with Crippen LogP contribution in [0.3, 0.4) is 0 Å². The zero-order valence-electron chi connectivity index (χ0n) is 11.2. The standard InChI is InChI=1S/C16H15NO4/c17-15(19)12-5-3-11(4-6-12)14(16(20)21)9-10-1-7-13(18)8-2-10/h1-8,14,18H,9H2,(H2,17,19)(H,20,21). The van der Waals surface area contributed by atoms with E-state index in [-0.39, 0.29) is 5.75 Å². The second kappa shape index (κ2) is 6.09. The third kappa shape index (κ3) is 3.60. The molecule has 4 N–H and O–H groups in total. The maximum Gasteiger partial charge on any atom is 0.311 e. The first-order chi connectivity index (χ1) is 9.97. The van der Waals surface area contributed by atoms with Crippen LogP contribution in [-0.2, 0) is 11.2 Å². The van der Waals surface area contributed by atoms with Gasteiger partial charge in [-0.2, -0.15) is 0 Å². The SMILES string of the molecule is NC(=O)c1ccc(C(Cc2ccc(O)cc2)C(=O)O)cc1. The van der Waals surface area contributed by atoms with Crippen LogP contribution in [0.5, 0.6) is 5.75 Å². The molecule has 2 aromatic carbocycles. The van der Waals surface area contributed by atoms with Gasteiger partial charge in [-0.3, -0.25) is 9.59 Å². The first kappa shape index (κ1) is 14.6. The van der Waals surface area contributed by atoms with Crippen molar-refractivity contribution in [2.45, 2.75) is 12.3 Å². The normalized spacial score (nSPS) is 11.8. The van der Waals surface area contributed by atoms with Gasteiger partial charge in [0.05, 0.1) is 5.92 Å². The molecule has 0 fully saturated rings. The van der Waals surface area contributed by atoms with Crippen LogP contribution in [0.15, 0.2) is 48.5 Å². The number of phenolic OH excluding ortho intramolecular Hbond substituents is 1. The van der Waals surface area contributed by atoms with Crippen LogP contribution in [0.1, 0.15) is 27.4 Å². The van der Waals surface area contributed by atoms with E-state index in [4.69, 9.17) is 5.73 Å². The summed E-state index contributed by atoms with van der Waals surface area (Å²) in [5.74, 6) is -2.09. The molecule has 0 aliphatic heterocycles. The second-order valence-corrected chi connectivity index (χ2v) is 4.75. The van der Waals surface area contributed by atoms with E-state index >= 15 is 0 Å².